The maximum absolute atomic E-state index is 11.6. The first-order chi connectivity index (χ1) is 15.7. The van der Waals surface area contributed by atoms with Crippen LogP contribution in [-0.2, 0) is 16.1 Å². The lowest BCUT2D eigenvalue weighted by molar-refractivity contribution is -0.148. The van der Waals surface area contributed by atoms with Crippen LogP contribution in [0.1, 0.15) is 49.7 Å². The Kier molecular flexibility index (Phi) is 5.81. The van der Waals surface area contributed by atoms with Gasteiger partial charge >= 0.3 is 5.97 Å². The first kappa shape index (κ1) is 20.6. The summed E-state index contributed by atoms with van der Waals surface area (Å²) in [6, 6.07) is 27.5. The van der Waals surface area contributed by atoms with Crippen molar-refractivity contribution >= 4 is 27.5 Å². The zero-order valence-electron chi connectivity index (χ0n) is 18.4. The zero-order chi connectivity index (χ0) is 21.9. The third-order valence-corrected chi connectivity index (χ3v) is 6.57. The molecule has 1 fully saturated rings. The summed E-state index contributed by atoms with van der Waals surface area (Å²) in [6.45, 7) is 2.00. The Morgan fingerprint density at radius 3 is 2.25 bits per heavy atom. The van der Waals surface area contributed by atoms with Crippen molar-refractivity contribution in [2.24, 2.45) is 0 Å². The second-order valence-electron chi connectivity index (χ2n) is 8.70. The molecule has 1 aliphatic carbocycles. The van der Waals surface area contributed by atoms with Crippen LogP contribution in [-0.4, -0.2) is 12.1 Å². The monoisotopic (exact) mass is 424 g/mol. The van der Waals surface area contributed by atoms with Crippen molar-refractivity contribution in [3.63, 3.8) is 0 Å². The minimum Gasteiger partial charge on any atom is -0.489 e. The molecule has 32 heavy (non-hydrogen) atoms. The molecule has 1 aliphatic rings. The molecule has 1 saturated carbocycles. The number of esters is 1. The van der Waals surface area contributed by atoms with Crippen molar-refractivity contribution in [1.29, 1.82) is 0 Å². The standard InChI is InChI=1S/C29H28O3/c1-20(30)32-29-16-7-6-15-27(29)23-11-8-12-24(18-23)31-19-28-25-13-4-2-9-21(25)17-22-10-3-5-14-26(22)28/h2-5,8-14,17-18,27,29H,6-7,15-16,19H2,1H3/t27-,29+/m1/s1. The van der Waals surface area contributed by atoms with Gasteiger partial charge in [0.25, 0.3) is 0 Å². The second-order valence-corrected chi connectivity index (χ2v) is 8.70. The molecule has 0 N–H and O–H groups in total. The fourth-order valence-corrected chi connectivity index (χ4v) is 5.09. The Morgan fingerprint density at radius 2 is 1.53 bits per heavy atom. The van der Waals surface area contributed by atoms with Crippen molar-refractivity contribution in [3.8, 4) is 5.75 Å². The Hall–Kier alpha value is -3.33. The first-order valence-corrected chi connectivity index (χ1v) is 11.5. The lowest BCUT2D eigenvalue weighted by Crippen LogP contribution is -2.27. The molecule has 0 saturated heterocycles. The van der Waals surface area contributed by atoms with Crippen LogP contribution in [0.4, 0.5) is 0 Å². The molecule has 3 nitrogen and oxygen atoms in total. The van der Waals surface area contributed by atoms with Crippen molar-refractivity contribution in [3.05, 3.63) is 90.0 Å². The lowest BCUT2D eigenvalue weighted by Gasteiger charge is -2.31. The predicted molar refractivity (Wildman–Crippen MR) is 129 cm³/mol. The van der Waals surface area contributed by atoms with Crippen LogP contribution in [0, 0.1) is 0 Å². The van der Waals surface area contributed by atoms with Gasteiger partial charge in [-0.15, -0.1) is 0 Å². The van der Waals surface area contributed by atoms with Crippen molar-refractivity contribution < 1.29 is 14.3 Å². The smallest absolute Gasteiger partial charge is 0.302 e. The van der Waals surface area contributed by atoms with Gasteiger partial charge in [-0.05, 0) is 64.6 Å². The molecule has 0 aromatic heterocycles. The number of carbonyl (C=O) groups excluding carboxylic acids is 1. The molecule has 0 amide bonds. The second kappa shape index (κ2) is 9.04. The number of ether oxygens (including phenoxy) is 2. The van der Waals surface area contributed by atoms with Gasteiger partial charge in [-0.25, -0.2) is 0 Å². The maximum Gasteiger partial charge on any atom is 0.302 e. The van der Waals surface area contributed by atoms with E-state index in [2.05, 4.69) is 66.7 Å². The van der Waals surface area contributed by atoms with Crippen LogP contribution in [0.15, 0.2) is 78.9 Å². The fourth-order valence-electron chi connectivity index (χ4n) is 5.09. The minimum absolute atomic E-state index is 0.0430. The van der Waals surface area contributed by atoms with Gasteiger partial charge < -0.3 is 9.47 Å². The van der Waals surface area contributed by atoms with E-state index in [9.17, 15) is 4.79 Å². The van der Waals surface area contributed by atoms with E-state index in [1.807, 2.05) is 12.1 Å². The fraction of sp³-hybridized carbons (Fsp3) is 0.276. The van der Waals surface area contributed by atoms with E-state index in [-0.39, 0.29) is 18.0 Å². The molecule has 0 radical (unpaired) electrons. The topological polar surface area (TPSA) is 35.5 Å². The highest BCUT2D eigenvalue weighted by Crippen LogP contribution is 2.37. The summed E-state index contributed by atoms with van der Waals surface area (Å²) in [5, 5.41) is 4.91. The van der Waals surface area contributed by atoms with Gasteiger partial charge in [0.1, 0.15) is 18.5 Å². The van der Waals surface area contributed by atoms with Crippen LogP contribution in [0.5, 0.6) is 5.75 Å². The van der Waals surface area contributed by atoms with Crippen molar-refractivity contribution in [2.45, 2.75) is 51.2 Å². The average molecular weight is 425 g/mol. The van der Waals surface area contributed by atoms with E-state index in [4.69, 9.17) is 9.47 Å². The quantitative estimate of drug-likeness (QED) is 0.252. The molecular formula is C29H28O3. The summed E-state index contributed by atoms with van der Waals surface area (Å²) in [7, 11) is 0. The molecule has 4 aromatic carbocycles. The number of benzene rings is 4. The third-order valence-electron chi connectivity index (χ3n) is 6.57. The third kappa shape index (κ3) is 4.20. The Balaban J connectivity index is 1.43. The molecule has 0 spiro atoms. The van der Waals surface area contributed by atoms with E-state index in [0.29, 0.717) is 6.61 Å². The molecule has 0 bridgehead atoms. The average Bonchev–Trinajstić information content (AvgIpc) is 2.82. The summed E-state index contributed by atoms with van der Waals surface area (Å²) >= 11 is 0. The van der Waals surface area contributed by atoms with Gasteiger partial charge in [0.15, 0.2) is 0 Å². The van der Waals surface area contributed by atoms with Crippen LogP contribution in [0.2, 0.25) is 0 Å². The molecule has 2 atom stereocenters. The highest BCUT2D eigenvalue weighted by Gasteiger charge is 2.29. The molecule has 0 heterocycles. The number of hydrogen-bond donors (Lipinski definition) is 0. The molecule has 0 aliphatic heterocycles. The molecule has 3 heteroatoms. The summed E-state index contributed by atoms with van der Waals surface area (Å²) in [4.78, 5) is 11.6. The van der Waals surface area contributed by atoms with Gasteiger partial charge in [0.2, 0.25) is 0 Å². The normalized spacial score (nSPS) is 18.5. The van der Waals surface area contributed by atoms with Crippen LogP contribution in [0.3, 0.4) is 0 Å². The molecule has 4 aromatic rings. The Labute approximate surface area is 189 Å². The predicted octanol–water partition coefficient (Wildman–Crippen LogP) is 7.16. The zero-order valence-corrected chi connectivity index (χ0v) is 18.4. The highest BCUT2D eigenvalue weighted by atomic mass is 16.5. The Bertz CT molecular complexity index is 1210. The van der Waals surface area contributed by atoms with Crippen molar-refractivity contribution in [1.82, 2.24) is 0 Å². The van der Waals surface area contributed by atoms with E-state index >= 15 is 0 Å². The van der Waals surface area contributed by atoms with E-state index in [1.54, 1.807) is 0 Å². The number of hydrogen-bond acceptors (Lipinski definition) is 3. The minimum atomic E-state index is -0.197. The molecular weight excluding hydrogens is 396 g/mol. The summed E-state index contributed by atoms with van der Waals surface area (Å²) in [5.41, 5.74) is 2.40. The first-order valence-electron chi connectivity index (χ1n) is 11.5. The van der Waals surface area contributed by atoms with Crippen LogP contribution >= 0.6 is 0 Å². The summed E-state index contributed by atoms with van der Waals surface area (Å²) < 4.78 is 12.0. The number of carbonyl (C=O) groups is 1. The van der Waals surface area contributed by atoms with Gasteiger partial charge in [0, 0.05) is 18.4 Å². The van der Waals surface area contributed by atoms with Gasteiger partial charge in [-0.1, -0.05) is 67.1 Å². The number of fused-ring (bicyclic) bond motifs is 2. The Morgan fingerprint density at radius 1 is 0.844 bits per heavy atom. The van der Waals surface area contributed by atoms with Crippen LogP contribution < -0.4 is 4.74 Å². The largest absolute Gasteiger partial charge is 0.489 e. The van der Waals surface area contributed by atoms with E-state index in [0.717, 1.165) is 31.4 Å². The van der Waals surface area contributed by atoms with E-state index < -0.39 is 0 Å². The van der Waals surface area contributed by atoms with Gasteiger partial charge in [-0.2, -0.15) is 0 Å². The molecule has 5 rings (SSSR count). The van der Waals surface area contributed by atoms with Crippen LogP contribution in [0.25, 0.3) is 21.5 Å². The summed E-state index contributed by atoms with van der Waals surface area (Å²) in [6.07, 6.45) is 4.19. The summed E-state index contributed by atoms with van der Waals surface area (Å²) in [5.74, 6) is 0.887. The lowest BCUT2D eigenvalue weighted by atomic mass is 9.81. The molecule has 0 unspecified atom stereocenters. The maximum atomic E-state index is 11.6. The van der Waals surface area contributed by atoms with Gasteiger partial charge in [0.05, 0.1) is 0 Å². The van der Waals surface area contributed by atoms with Crippen molar-refractivity contribution in [2.75, 3.05) is 0 Å². The molecule has 162 valence electrons. The number of rotatable bonds is 5. The SMILES string of the molecule is CC(=O)O[C@H]1CCCC[C@@H]1c1cccc(OCc2c3ccccc3cc3ccccc23)c1. The van der Waals surface area contributed by atoms with Gasteiger partial charge in [-0.3, -0.25) is 4.79 Å². The van der Waals surface area contributed by atoms with E-state index in [1.165, 1.54) is 39.6 Å². The highest BCUT2D eigenvalue weighted by molar-refractivity contribution is 6.02.